The number of aryl methyl sites for hydroxylation is 2. The highest BCUT2D eigenvalue weighted by atomic mass is 16.5. The van der Waals surface area contributed by atoms with E-state index in [1.807, 2.05) is 37.1 Å². The number of allylic oxidation sites excluding steroid dienone is 4. The Bertz CT molecular complexity index is 925. The van der Waals surface area contributed by atoms with E-state index >= 15 is 0 Å². The summed E-state index contributed by atoms with van der Waals surface area (Å²) in [5, 5.41) is 10.8. The number of hydrazine groups is 1. The molecule has 2 unspecified atom stereocenters. The smallest absolute Gasteiger partial charge is 0.329 e. The van der Waals surface area contributed by atoms with E-state index in [1.165, 1.54) is 10.5 Å². The van der Waals surface area contributed by atoms with Crippen LogP contribution in [0.15, 0.2) is 40.2 Å². The Morgan fingerprint density at radius 1 is 1.30 bits per heavy atom. The maximum absolute atomic E-state index is 13.0. The van der Waals surface area contributed by atoms with Gasteiger partial charge < -0.3 is 14.8 Å². The first-order chi connectivity index (χ1) is 14.3. The molecule has 30 heavy (non-hydrogen) atoms. The van der Waals surface area contributed by atoms with Crippen molar-refractivity contribution in [3.05, 3.63) is 52.7 Å². The lowest BCUT2D eigenvalue weighted by Crippen LogP contribution is -2.34. The van der Waals surface area contributed by atoms with E-state index < -0.39 is 6.04 Å². The molecular formula is C22H29N5O3. The van der Waals surface area contributed by atoms with E-state index in [2.05, 4.69) is 35.6 Å². The highest BCUT2D eigenvalue weighted by Gasteiger charge is 2.41. The van der Waals surface area contributed by atoms with Crippen LogP contribution in [0.5, 0.6) is 0 Å². The Hall–Kier alpha value is -2.87. The van der Waals surface area contributed by atoms with Gasteiger partial charge in [0.2, 0.25) is 0 Å². The van der Waals surface area contributed by atoms with Gasteiger partial charge in [0.05, 0.1) is 24.5 Å². The summed E-state index contributed by atoms with van der Waals surface area (Å²) in [6.45, 7) is 7.04. The number of hydrogen-bond acceptors (Lipinski definition) is 6. The monoisotopic (exact) mass is 411 g/mol. The highest BCUT2D eigenvalue weighted by Crippen LogP contribution is 2.26. The molecule has 0 aromatic carbocycles. The van der Waals surface area contributed by atoms with Gasteiger partial charge in [-0.2, -0.15) is 0 Å². The molecule has 2 aliphatic heterocycles. The molecule has 3 aliphatic rings. The zero-order chi connectivity index (χ0) is 21.4. The van der Waals surface area contributed by atoms with Gasteiger partial charge in [-0.1, -0.05) is 35.9 Å². The summed E-state index contributed by atoms with van der Waals surface area (Å²) < 4.78 is 5.24. The van der Waals surface area contributed by atoms with Crippen molar-refractivity contribution in [1.82, 2.24) is 25.4 Å². The Morgan fingerprint density at radius 3 is 2.77 bits per heavy atom. The molecule has 8 nitrogen and oxygen atoms in total. The van der Waals surface area contributed by atoms with Gasteiger partial charge >= 0.3 is 6.03 Å². The van der Waals surface area contributed by atoms with E-state index in [0.717, 1.165) is 29.9 Å². The summed E-state index contributed by atoms with van der Waals surface area (Å²) in [6, 6.07) is -0.820. The van der Waals surface area contributed by atoms with Gasteiger partial charge in [0.1, 0.15) is 11.8 Å². The van der Waals surface area contributed by atoms with Gasteiger partial charge in [-0.05, 0) is 39.0 Å². The Morgan fingerprint density at radius 2 is 2.10 bits per heavy atom. The van der Waals surface area contributed by atoms with Crippen LogP contribution in [-0.2, 0) is 11.3 Å². The minimum atomic E-state index is -0.478. The molecule has 0 bridgehead atoms. The minimum absolute atomic E-state index is 0.174. The van der Waals surface area contributed by atoms with Crippen LogP contribution in [0.25, 0.3) is 0 Å². The summed E-state index contributed by atoms with van der Waals surface area (Å²) in [7, 11) is 1.93. The number of carbonyl (C=O) groups is 2. The summed E-state index contributed by atoms with van der Waals surface area (Å²) in [5.41, 5.74) is 3.77. The molecule has 0 radical (unpaired) electrons. The molecule has 3 heterocycles. The molecule has 0 spiro atoms. The zero-order valence-corrected chi connectivity index (χ0v) is 18.0. The van der Waals surface area contributed by atoms with E-state index in [0.29, 0.717) is 31.1 Å². The largest absolute Gasteiger partial charge is 0.361 e. The number of imide groups is 1. The third-order valence-electron chi connectivity index (χ3n) is 6.05. The van der Waals surface area contributed by atoms with Crippen LogP contribution in [-0.4, -0.2) is 51.6 Å². The molecule has 1 aromatic heterocycles. The molecule has 8 heteroatoms. The average Bonchev–Trinajstić information content (AvgIpc) is 3.32. The normalized spacial score (nSPS) is 24.5. The third-order valence-corrected chi connectivity index (χ3v) is 6.05. The van der Waals surface area contributed by atoms with Gasteiger partial charge in [0.15, 0.2) is 0 Å². The van der Waals surface area contributed by atoms with Gasteiger partial charge in [0, 0.05) is 18.8 Å². The van der Waals surface area contributed by atoms with Crippen LogP contribution in [0.3, 0.4) is 0 Å². The fraction of sp³-hybridized carbons (Fsp3) is 0.500. The molecule has 1 aromatic rings. The summed E-state index contributed by atoms with van der Waals surface area (Å²) >= 11 is 0. The zero-order valence-electron chi connectivity index (χ0n) is 18.0. The predicted molar refractivity (Wildman–Crippen MR) is 112 cm³/mol. The quantitative estimate of drug-likeness (QED) is 0.725. The molecule has 160 valence electrons. The summed E-state index contributed by atoms with van der Waals surface area (Å²) in [6.07, 6.45) is 10.8. The summed E-state index contributed by atoms with van der Waals surface area (Å²) in [4.78, 5) is 26.8. The van der Waals surface area contributed by atoms with Crippen LogP contribution < -0.4 is 5.32 Å². The van der Waals surface area contributed by atoms with Gasteiger partial charge in [-0.3, -0.25) is 4.79 Å². The lowest BCUT2D eigenvalue weighted by molar-refractivity contribution is -0.126. The Labute approximate surface area is 176 Å². The molecule has 1 saturated heterocycles. The SMILES string of the molecule is Cc1noc(C)c1CN1C=C(N2C(=O)NC(CCC3=CCC(C)C=C3)C2=O)CN1C. The summed E-state index contributed by atoms with van der Waals surface area (Å²) in [5.74, 6) is 1.17. The van der Waals surface area contributed by atoms with E-state index in [1.54, 1.807) is 0 Å². The van der Waals surface area contributed by atoms with Gasteiger partial charge in [0.25, 0.3) is 5.91 Å². The van der Waals surface area contributed by atoms with Crippen LogP contribution in [0.1, 0.15) is 43.2 Å². The molecule has 1 N–H and O–H groups in total. The van der Waals surface area contributed by atoms with Crippen molar-refractivity contribution in [2.24, 2.45) is 5.92 Å². The standard InChI is InChI=1S/C22H29N5O3/c1-14-5-7-17(8-6-14)9-10-20-21(28)27(22(29)23-20)18-11-25(4)26(12-18)13-19-15(2)24-30-16(19)3/h5,7-8,12,14,20H,6,9-11,13H2,1-4H3,(H,23,29). The average molecular weight is 412 g/mol. The lowest BCUT2D eigenvalue weighted by atomic mass is 9.95. The van der Waals surface area contributed by atoms with Crippen molar-refractivity contribution in [2.75, 3.05) is 13.6 Å². The molecule has 1 fully saturated rings. The van der Waals surface area contributed by atoms with Gasteiger partial charge in [-0.15, -0.1) is 0 Å². The Balaban J connectivity index is 1.41. The van der Waals surface area contributed by atoms with Crippen molar-refractivity contribution in [3.63, 3.8) is 0 Å². The van der Waals surface area contributed by atoms with E-state index in [4.69, 9.17) is 4.52 Å². The Kier molecular flexibility index (Phi) is 5.51. The van der Waals surface area contributed by atoms with Crippen LogP contribution in [0, 0.1) is 19.8 Å². The van der Waals surface area contributed by atoms with Crippen LogP contribution >= 0.6 is 0 Å². The molecule has 3 amide bonds. The second-order valence-corrected chi connectivity index (χ2v) is 8.40. The van der Waals surface area contributed by atoms with Crippen molar-refractivity contribution >= 4 is 11.9 Å². The van der Waals surface area contributed by atoms with Crippen molar-refractivity contribution < 1.29 is 14.1 Å². The van der Waals surface area contributed by atoms with Crippen LogP contribution in [0.2, 0.25) is 0 Å². The van der Waals surface area contributed by atoms with Crippen LogP contribution in [0.4, 0.5) is 4.79 Å². The predicted octanol–water partition coefficient (Wildman–Crippen LogP) is 3.02. The number of carbonyl (C=O) groups excluding carboxylic acids is 2. The first-order valence-corrected chi connectivity index (χ1v) is 10.5. The van der Waals surface area contributed by atoms with E-state index in [9.17, 15) is 9.59 Å². The molecular weight excluding hydrogens is 382 g/mol. The highest BCUT2D eigenvalue weighted by molar-refractivity contribution is 6.06. The fourth-order valence-electron chi connectivity index (χ4n) is 4.09. The maximum Gasteiger partial charge on any atom is 0.329 e. The molecule has 4 rings (SSSR count). The molecule has 0 saturated carbocycles. The topological polar surface area (TPSA) is 81.9 Å². The third kappa shape index (κ3) is 3.92. The fourth-order valence-corrected chi connectivity index (χ4v) is 4.09. The number of rotatable bonds is 6. The number of nitrogens with zero attached hydrogens (tertiary/aromatic N) is 4. The second-order valence-electron chi connectivity index (χ2n) is 8.40. The molecule has 2 atom stereocenters. The van der Waals surface area contributed by atoms with E-state index in [-0.39, 0.29) is 11.9 Å². The van der Waals surface area contributed by atoms with Crippen molar-refractivity contribution in [2.45, 2.75) is 52.6 Å². The second kappa shape index (κ2) is 8.10. The number of likely N-dealkylation sites (N-methyl/N-ethyl adjacent to an activating group) is 1. The first-order valence-electron chi connectivity index (χ1n) is 10.5. The van der Waals surface area contributed by atoms with Crippen molar-refractivity contribution in [3.8, 4) is 0 Å². The van der Waals surface area contributed by atoms with Gasteiger partial charge in [-0.25, -0.2) is 14.7 Å². The number of nitrogens with one attached hydrogen (secondary N) is 1. The lowest BCUT2D eigenvalue weighted by Gasteiger charge is -2.24. The number of aromatic nitrogens is 1. The minimum Gasteiger partial charge on any atom is -0.361 e. The maximum atomic E-state index is 13.0. The first kappa shape index (κ1) is 20.4. The number of hydrogen-bond donors (Lipinski definition) is 1. The number of amides is 3. The van der Waals surface area contributed by atoms with Crippen molar-refractivity contribution in [1.29, 1.82) is 0 Å². The number of urea groups is 1. The molecule has 1 aliphatic carbocycles.